The second-order valence-corrected chi connectivity index (χ2v) is 7.16. The first-order valence-corrected chi connectivity index (χ1v) is 9.31. The van der Waals surface area contributed by atoms with Gasteiger partial charge in [0.25, 0.3) is 0 Å². The van der Waals surface area contributed by atoms with Gasteiger partial charge in [0.05, 0.1) is 11.6 Å². The lowest BCUT2D eigenvalue weighted by molar-refractivity contribution is -0.115. The molecule has 29 heavy (non-hydrogen) atoms. The number of hydrogen-bond acceptors (Lipinski definition) is 3. The van der Waals surface area contributed by atoms with Gasteiger partial charge in [-0.25, -0.2) is 9.18 Å². The van der Waals surface area contributed by atoms with E-state index in [0.717, 1.165) is 22.0 Å². The number of urea groups is 1. The second kappa shape index (κ2) is 7.47. The van der Waals surface area contributed by atoms with Gasteiger partial charge in [-0.2, -0.15) is 0 Å². The van der Waals surface area contributed by atoms with Gasteiger partial charge in [-0.05, 0) is 47.9 Å². The van der Waals surface area contributed by atoms with E-state index in [9.17, 15) is 14.0 Å². The molecule has 0 fully saturated rings. The number of Topliss-reactive ketones (excluding diaryl/α,β-unsaturated/α-hetero) is 1. The Kier molecular flexibility index (Phi) is 4.84. The Hall–Kier alpha value is -3.54. The summed E-state index contributed by atoms with van der Waals surface area (Å²) < 4.78 is 13.3. The number of nitrogens with zero attached hydrogens (tertiary/aromatic N) is 2. The van der Waals surface area contributed by atoms with E-state index < -0.39 is 6.04 Å². The molecule has 0 radical (unpaired) electrons. The molecule has 3 aromatic rings. The number of carbonyl (C=O) groups excluding carboxylic acids is 2. The van der Waals surface area contributed by atoms with Crippen LogP contribution >= 0.6 is 0 Å². The molecule has 2 heterocycles. The molecule has 0 aliphatic carbocycles. The zero-order chi connectivity index (χ0) is 20.5. The number of carbonyl (C=O) groups is 2. The van der Waals surface area contributed by atoms with E-state index >= 15 is 0 Å². The van der Waals surface area contributed by atoms with Crippen LogP contribution in [0.1, 0.15) is 22.7 Å². The normalized spacial score (nSPS) is 16.5. The number of rotatable bonds is 4. The Bertz CT molecular complexity index is 1140. The molecule has 1 atom stereocenters. The molecule has 6 heteroatoms. The predicted octanol–water partition coefficient (Wildman–Crippen LogP) is 4.07. The molecule has 0 unspecified atom stereocenters. The van der Waals surface area contributed by atoms with Crippen LogP contribution in [0.2, 0.25) is 0 Å². The fourth-order valence-electron chi connectivity index (χ4n) is 3.62. The third-order valence-electron chi connectivity index (χ3n) is 5.23. The molecule has 1 aromatic heterocycles. The largest absolute Gasteiger partial charge is 0.327 e. The first-order chi connectivity index (χ1) is 13.9. The molecule has 4 rings (SSSR count). The van der Waals surface area contributed by atoms with Crippen LogP contribution in [0.4, 0.5) is 9.18 Å². The molecule has 1 aliphatic rings. The van der Waals surface area contributed by atoms with Crippen molar-refractivity contribution in [2.24, 2.45) is 0 Å². The average Bonchev–Trinajstić information content (AvgIpc) is 2.72. The third-order valence-corrected chi connectivity index (χ3v) is 5.23. The highest BCUT2D eigenvalue weighted by Gasteiger charge is 2.30. The number of ketones is 1. The topological polar surface area (TPSA) is 62.3 Å². The van der Waals surface area contributed by atoms with Crippen molar-refractivity contribution < 1.29 is 14.0 Å². The third kappa shape index (κ3) is 3.61. The number of halogens is 1. The van der Waals surface area contributed by atoms with E-state index in [1.54, 1.807) is 31.6 Å². The lowest BCUT2D eigenvalue weighted by Gasteiger charge is -2.30. The van der Waals surface area contributed by atoms with Crippen LogP contribution in [-0.2, 0) is 11.2 Å². The number of pyridine rings is 1. The number of hydrogen-bond donors (Lipinski definition) is 1. The van der Waals surface area contributed by atoms with E-state index in [0.29, 0.717) is 11.1 Å². The standard InChI is InChI=1S/C23H20FN3O2/c1-14-5-10-20-17(4-3-11-25-20)18(14)12-21(28)19-13-27(2)23(29)26-22(19)15-6-8-16(24)9-7-15/h3-11,13,22H,12H2,1-2H3,(H,26,29)/t22-/m0/s1. The number of amides is 2. The summed E-state index contributed by atoms with van der Waals surface area (Å²) >= 11 is 0. The summed E-state index contributed by atoms with van der Waals surface area (Å²) in [5.74, 6) is -0.477. The molecule has 146 valence electrons. The van der Waals surface area contributed by atoms with Crippen molar-refractivity contribution in [3.8, 4) is 0 Å². The fraction of sp³-hybridized carbons (Fsp3) is 0.174. The monoisotopic (exact) mass is 389 g/mol. The van der Waals surface area contributed by atoms with Crippen molar-refractivity contribution >= 4 is 22.7 Å². The second-order valence-electron chi connectivity index (χ2n) is 7.16. The number of fused-ring (bicyclic) bond motifs is 1. The first-order valence-electron chi connectivity index (χ1n) is 9.31. The van der Waals surface area contributed by atoms with Crippen LogP contribution < -0.4 is 5.32 Å². The number of aromatic nitrogens is 1. The molecule has 0 saturated heterocycles. The van der Waals surface area contributed by atoms with Crippen LogP contribution in [0, 0.1) is 12.7 Å². The summed E-state index contributed by atoms with van der Waals surface area (Å²) in [6.45, 7) is 1.97. The highest BCUT2D eigenvalue weighted by Crippen LogP contribution is 2.29. The molecule has 1 aliphatic heterocycles. The summed E-state index contributed by atoms with van der Waals surface area (Å²) in [5.41, 5.74) is 3.87. The molecule has 1 N–H and O–H groups in total. The maximum absolute atomic E-state index is 13.3. The van der Waals surface area contributed by atoms with Crippen molar-refractivity contribution in [2.45, 2.75) is 19.4 Å². The highest BCUT2D eigenvalue weighted by molar-refractivity contribution is 6.02. The zero-order valence-corrected chi connectivity index (χ0v) is 16.1. The number of nitrogens with one attached hydrogen (secondary N) is 1. The maximum Gasteiger partial charge on any atom is 0.321 e. The number of aryl methyl sites for hydroxylation is 1. The van der Waals surface area contributed by atoms with Crippen molar-refractivity contribution in [1.82, 2.24) is 15.2 Å². The van der Waals surface area contributed by atoms with Gasteiger partial charge in [0.2, 0.25) is 0 Å². The van der Waals surface area contributed by atoms with Crippen molar-refractivity contribution in [3.63, 3.8) is 0 Å². The minimum Gasteiger partial charge on any atom is -0.327 e. The smallest absolute Gasteiger partial charge is 0.321 e. The van der Waals surface area contributed by atoms with E-state index in [1.165, 1.54) is 17.0 Å². The quantitative estimate of drug-likeness (QED) is 0.732. The molecule has 5 nitrogen and oxygen atoms in total. The zero-order valence-electron chi connectivity index (χ0n) is 16.1. The van der Waals surface area contributed by atoms with Gasteiger partial charge < -0.3 is 10.2 Å². The molecule has 2 aromatic carbocycles. The van der Waals surface area contributed by atoms with Crippen molar-refractivity contribution in [3.05, 3.63) is 89.0 Å². The maximum atomic E-state index is 13.3. The van der Waals surface area contributed by atoms with E-state index in [2.05, 4.69) is 10.3 Å². The van der Waals surface area contributed by atoms with Crippen molar-refractivity contribution in [2.75, 3.05) is 7.05 Å². The Morgan fingerprint density at radius 1 is 1.17 bits per heavy atom. The average molecular weight is 389 g/mol. The SMILES string of the molecule is Cc1ccc2ncccc2c1CC(=O)C1=CN(C)C(=O)N[C@H]1c1ccc(F)cc1. The van der Waals surface area contributed by atoms with E-state index in [1.807, 2.05) is 31.2 Å². The molecular weight excluding hydrogens is 369 g/mol. The van der Waals surface area contributed by atoms with E-state index in [-0.39, 0.29) is 24.1 Å². The lowest BCUT2D eigenvalue weighted by atomic mass is 9.90. The van der Waals surface area contributed by atoms with Gasteiger partial charge >= 0.3 is 6.03 Å². The summed E-state index contributed by atoms with van der Waals surface area (Å²) in [4.78, 5) is 31.2. The van der Waals surface area contributed by atoms with Gasteiger partial charge in [0, 0.05) is 36.8 Å². The van der Waals surface area contributed by atoms with Crippen LogP contribution in [0.15, 0.2) is 66.5 Å². The molecule has 0 bridgehead atoms. The minimum atomic E-state index is -0.625. The van der Waals surface area contributed by atoms with Crippen LogP contribution in [0.3, 0.4) is 0 Å². The van der Waals surface area contributed by atoms with Gasteiger partial charge in [-0.1, -0.05) is 24.3 Å². The van der Waals surface area contributed by atoms with Gasteiger partial charge in [0.15, 0.2) is 5.78 Å². The summed E-state index contributed by atoms with van der Waals surface area (Å²) in [5, 5.41) is 3.77. The molecule has 2 amide bonds. The van der Waals surface area contributed by atoms with Crippen molar-refractivity contribution in [1.29, 1.82) is 0 Å². The fourth-order valence-corrected chi connectivity index (χ4v) is 3.62. The molecule has 0 saturated carbocycles. The van der Waals surface area contributed by atoms with E-state index in [4.69, 9.17) is 0 Å². The summed E-state index contributed by atoms with van der Waals surface area (Å²) in [7, 11) is 1.59. The summed E-state index contributed by atoms with van der Waals surface area (Å²) in [6.07, 6.45) is 3.47. The predicted molar refractivity (Wildman–Crippen MR) is 109 cm³/mol. The first kappa shape index (κ1) is 18.8. The lowest BCUT2D eigenvalue weighted by Crippen LogP contribution is -2.43. The van der Waals surface area contributed by atoms with Gasteiger partial charge in [-0.15, -0.1) is 0 Å². The Morgan fingerprint density at radius 3 is 2.69 bits per heavy atom. The Morgan fingerprint density at radius 2 is 1.93 bits per heavy atom. The van der Waals surface area contributed by atoms with Gasteiger partial charge in [-0.3, -0.25) is 9.78 Å². The Balaban J connectivity index is 1.72. The highest BCUT2D eigenvalue weighted by atomic mass is 19.1. The Labute approximate surface area is 167 Å². The van der Waals surface area contributed by atoms with Crippen LogP contribution in [0.5, 0.6) is 0 Å². The molecule has 0 spiro atoms. The van der Waals surface area contributed by atoms with Crippen LogP contribution in [-0.4, -0.2) is 28.7 Å². The number of benzene rings is 2. The minimum absolute atomic E-state index is 0.106. The summed E-state index contributed by atoms with van der Waals surface area (Å²) in [6, 6.07) is 12.6. The van der Waals surface area contributed by atoms with Gasteiger partial charge in [0.1, 0.15) is 5.82 Å². The van der Waals surface area contributed by atoms with Crippen LogP contribution in [0.25, 0.3) is 10.9 Å². The molecular formula is C23H20FN3O2.